The number of halogens is 4. The number of pyridine rings is 4. The molecule has 0 atom stereocenters. The molecule has 8 bridgehead atoms. The lowest BCUT2D eigenvalue weighted by molar-refractivity contribution is -0.671. The van der Waals surface area contributed by atoms with Crippen molar-refractivity contribution in [3.05, 3.63) is 240 Å². The average Bonchev–Trinajstić information content (AvgIpc) is 2.36. The number of rotatable bonds is 6. The molecule has 86 heavy (non-hydrogen) atoms. The normalized spacial score (nSPS) is 13.3. The Morgan fingerprint density at radius 1 is 0.326 bits per heavy atom. The van der Waals surface area contributed by atoms with Gasteiger partial charge in [0.05, 0.1) is 28.3 Å². The molecule has 426 valence electrons. The first-order valence-corrected chi connectivity index (χ1v) is 28.3. The minimum absolute atomic E-state index is 0. The van der Waals surface area contributed by atoms with E-state index in [1.54, 1.807) is 0 Å². The van der Waals surface area contributed by atoms with Crippen molar-refractivity contribution >= 4 is 46.4 Å². The Labute approximate surface area is 526 Å². The molecule has 0 spiro atoms. The molecule has 0 unspecified atom stereocenters. The highest BCUT2D eigenvalue weighted by Crippen LogP contribution is 2.51. The number of benzene rings is 4. The van der Waals surface area contributed by atoms with E-state index in [-0.39, 0.29) is 60.5 Å². The third-order valence-corrected chi connectivity index (χ3v) is 17.8. The zero-order valence-electron chi connectivity index (χ0n) is 49.0. The minimum atomic E-state index is -0.129. The van der Waals surface area contributed by atoms with E-state index < -0.39 is 0 Å². The van der Waals surface area contributed by atoms with Gasteiger partial charge in [-0.05, 0) is 140 Å². The minimum Gasteiger partial charge on any atom is -1.00 e. The van der Waals surface area contributed by atoms with Gasteiger partial charge in [0.25, 0.3) is 0 Å². The van der Waals surface area contributed by atoms with Crippen LogP contribution >= 0.6 is 0 Å². The van der Waals surface area contributed by atoms with Gasteiger partial charge in [0.15, 0.2) is 43.4 Å². The van der Waals surface area contributed by atoms with E-state index in [1.165, 1.54) is 50.1 Å². The number of nitrogens with one attached hydrogen (secondary N) is 2. The Kier molecular flexibility index (Phi) is 15.3. The summed E-state index contributed by atoms with van der Waals surface area (Å²) in [7, 11) is 8.38. The zero-order valence-corrected chi connectivity index (χ0v) is 52.0. The molecule has 0 amide bonds. The van der Waals surface area contributed by atoms with Crippen LogP contribution in [0.3, 0.4) is 0 Å². The highest BCUT2D eigenvalue weighted by atomic mass is 35.5. The van der Waals surface area contributed by atoms with E-state index in [4.69, 9.17) is 9.97 Å². The van der Waals surface area contributed by atoms with E-state index in [9.17, 15) is 0 Å². The van der Waals surface area contributed by atoms with Gasteiger partial charge >= 0.3 is 0 Å². The second kappa shape index (κ2) is 22.3. The summed E-state index contributed by atoms with van der Waals surface area (Å²) in [5.41, 5.74) is 30.5. The number of nitrogens with zero attached hydrogens (tertiary/aromatic N) is 6. The second-order valence-electron chi connectivity index (χ2n) is 23.8. The monoisotopic (exact) mass is 1200 g/mol. The Morgan fingerprint density at radius 2 is 0.709 bits per heavy atom. The summed E-state index contributed by atoms with van der Waals surface area (Å²) in [5, 5.41) is 0. The number of aryl methyl sites for hydroxylation is 4. The van der Waals surface area contributed by atoms with E-state index >= 15 is 0 Å². The molecule has 4 aliphatic rings. The number of fused-ring (bicyclic) bond motifs is 14. The van der Waals surface area contributed by atoms with Gasteiger partial charge in [-0.25, -0.2) is 28.2 Å². The van der Waals surface area contributed by atoms with Crippen molar-refractivity contribution in [3.63, 3.8) is 0 Å². The fourth-order valence-electron chi connectivity index (χ4n) is 13.5. The summed E-state index contributed by atoms with van der Waals surface area (Å²) < 4.78 is 8.57. The van der Waals surface area contributed by atoms with Crippen LogP contribution < -0.4 is 67.9 Å². The molecule has 2 aliphatic carbocycles. The van der Waals surface area contributed by atoms with Crippen LogP contribution in [0.4, 0.5) is 0 Å². The number of aromatic amines is 2. The molecule has 4 aromatic carbocycles. The summed E-state index contributed by atoms with van der Waals surface area (Å²) in [6, 6.07) is 56.2. The highest BCUT2D eigenvalue weighted by molar-refractivity contribution is 6.00. The van der Waals surface area contributed by atoms with Crippen LogP contribution in [0.5, 0.6) is 0 Å². The Hall–Kier alpha value is -8.76. The van der Waals surface area contributed by atoms with Gasteiger partial charge in [-0.2, -0.15) is 0 Å². The fourth-order valence-corrected chi connectivity index (χ4v) is 13.5. The van der Waals surface area contributed by atoms with Crippen LogP contribution in [0.2, 0.25) is 0 Å². The number of hydrogen-bond acceptors (Lipinski definition) is 2. The largest absolute Gasteiger partial charge is 1.00 e. The Morgan fingerprint density at radius 3 is 1.19 bits per heavy atom. The van der Waals surface area contributed by atoms with Crippen molar-refractivity contribution in [2.24, 2.45) is 28.2 Å². The van der Waals surface area contributed by atoms with Crippen molar-refractivity contribution in [2.75, 3.05) is 0 Å². The van der Waals surface area contributed by atoms with Gasteiger partial charge in [0, 0.05) is 103 Å². The Balaban J connectivity index is 0.00000192. The van der Waals surface area contributed by atoms with E-state index in [1.807, 2.05) is 0 Å². The summed E-state index contributed by atoms with van der Waals surface area (Å²) in [5.74, 6) is 0. The SMILES string of the molecule is C[n+]1ccc(-c2c3nc(c(-c4cc(-c5ccc6c(c5)C(C)(C)c5ccccc5-6)c[n+](C)c4)c4ccc([nH]4)c(-c4cc[n+](C)cc4)c4nc(c(-c5cc[n+](C)c(-c6ccc7c(c6)C(C)(C)c6ccccc6-7)c5)c5ccc2[nH]5)C=C4)C=C3)cc1.[Cl-].[Cl-].[Cl-].[Cl-]. The summed E-state index contributed by atoms with van der Waals surface area (Å²) in [4.78, 5) is 19.4. The molecule has 0 radical (unpaired) electrons. The summed E-state index contributed by atoms with van der Waals surface area (Å²) >= 11 is 0. The van der Waals surface area contributed by atoms with Crippen LogP contribution in [0.15, 0.2) is 195 Å². The van der Waals surface area contributed by atoms with Gasteiger partial charge in [-0.1, -0.05) is 94.4 Å². The maximum Gasteiger partial charge on any atom is 0.212 e. The lowest BCUT2D eigenvalue weighted by Crippen LogP contribution is -3.00. The lowest BCUT2D eigenvalue weighted by Gasteiger charge is -2.21. The van der Waals surface area contributed by atoms with Crippen molar-refractivity contribution < 1.29 is 67.9 Å². The van der Waals surface area contributed by atoms with Crippen molar-refractivity contribution in [1.29, 1.82) is 0 Å². The molecule has 0 saturated carbocycles. The molecule has 0 saturated heterocycles. The summed E-state index contributed by atoms with van der Waals surface area (Å²) in [6.45, 7) is 9.39. The molecule has 9 heterocycles. The van der Waals surface area contributed by atoms with Crippen molar-refractivity contribution in [1.82, 2.24) is 19.9 Å². The fraction of sp³-hybridized carbons (Fsp3) is 0.135. The molecule has 2 aliphatic heterocycles. The van der Waals surface area contributed by atoms with E-state index in [0.29, 0.717) is 0 Å². The number of hydrogen-bond donors (Lipinski definition) is 2. The molecule has 11 aromatic rings. The molecular weight excluding hydrogens is 1140 g/mol. The van der Waals surface area contributed by atoms with Gasteiger partial charge < -0.3 is 59.6 Å². The molecule has 15 rings (SSSR count). The van der Waals surface area contributed by atoms with Crippen LogP contribution in [0, 0.1) is 0 Å². The van der Waals surface area contributed by atoms with Crippen LogP contribution in [-0.2, 0) is 39.0 Å². The summed E-state index contributed by atoms with van der Waals surface area (Å²) in [6.07, 6.45) is 23.8. The third kappa shape index (κ3) is 9.56. The first-order valence-electron chi connectivity index (χ1n) is 28.3. The van der Waals surface area contributed by atoms with Crippen LogP contribution in [-0.4, -0.2) is 19.9 Å². The smallest absolute Gasteiger partial charge is 0.212 e. The van der Waals surface area contributed by atoms with E-state index in [0.717, 1.165) is 106 Å². The quantitative estimate of drug-likeness (QED) is 0.252. The third-order valence-electron chi connectivity index (χ3n) is 17.8. The first-order chi connectivity index (χ1) is 39.7. The van der Waals surface area contributed by atoms with Crippen molar-refractivity contribution in [3.8, 4) is 89.1 Å². The van der Waals surface area contributed by atoms with Crippen LogP contribution in [0.25, 0.3) is 136 Å². The molecule has 0 fully saturated rings. The van der Waals surface area contributed by atoms with Gasteiger partial charge in [0.2, 0.25) is 5.69 Å². The molecule has 2 N–H and O–H groups in total. The maximum absolute atomic E-state index is 5.68. The van der Waals surface area contributed by atoms with Gasteiger partial charge in [0.1, 0.15) is 28.2 Å². The van der Waals surface area contributed by atoms with Crippen molar-refractivity contribution in [2.45, 2.75) is 38.5 Å². The number of aromatic nitrogens is 8. The zero-order chi connectivity index (χ0) is 55.8. The Bertz CT molecular complexity index is 4760. The molecule has 12 heteroatoms. The maximum atomic E-state index is 5.68. The lowest BCUT2D eigenvalue weighted by atomic mass is 9.81. The van der Waals surface area contributed by atoms with Gasteiger partial charge in [-0.3, -0.25) is 0 Å². The predicted octanol–water partition coefficient (Wildman–Crippen LogP) is 2.58. The average molecular weight is 1210 g/mol. The van der Waals surface area contributed by atoms with Gasteiger partial charge in [-0.15, -0.1) is 0 Å². The molecular formula is C74H62Cl4N8. The standard InChI is InChI=1S/C74H61N8.4ClH/c1-73(2)56-15-11-9-13-52(56)54-19-17-47(40-58(54)73)50-39-51(44-81(7)43-50)72-66-27-23-62(77-66)69(45-29-34-79(5)35-30-45)60-21-25-64(75-60)71(65-26-22-61(76-65)70(63-24-28-67(72)78-63)46-31-36-80(6)37-32-46)49-33-38-82(8)68(42-49)48-18-20-55-53-14-10-12-16-57(53)74(3,4)59(55)41-48;;;;/h9-44H,1-8H3,(H,75,76,77,78);4*1H/q+3;;;;/p-3. The first kappa shape index (κ1) is 59.0. The second-order valence-corrected chi connectivity index (χ2v) is 23.8. The van der Waals surface area contributed by atoms with E-state index in [2.05, 4.69) is 303 Å². The van der Waals surface area contributed by atoms with Crippen LogP contribution in [0.1, 0.15) is 72.7 Å². The topological polar surface area (TPSA) is 72.9 Å². The predicted molar refractivity (Wildman–Crippen MR) is 331 cm³/mol. The molecule has 8 nitrogen and oxygen atoms in total. The molecule has 7 aromatic heterocycles. The highest BCUT2D eigenvalue weighted by Gasteiger charge is 2.37. The number of H-pyrrole nitrogens is 2.